The second-order valence-corrected chi connectivity index (χ2v) is 20.9. The van der Waals surface area contributed by atoms with Crippen LogP contribution in [0.3, 0.4) is 0 Å². The average molecular weight is 1620 g/mol. The Kier molecular flexibility index (Phi) is 67.0. The fourth-order valence-electron chi connectivity index (χ4n) is 7.54. The molecule has 4 aromatic rings. The van der Waals surface area contributed by atoms with Crippen molar-refractivity contribution in [3.8, 4) is 34.5 Å². The summed E-state index contributed by atoms with van der Waals surface area (Å²) in [7, 11) is 23.3. The largest absolute Gasteiger partial charge is 0.496 e. The minimum Gasteiger partial charge on any atom is -0.496 e. The molecule has 0 aliphatic carbocycles. The summed E-state index contributed by atoms with van der Waals surface area (Å²) >= 11 is 0. The van der Waals surface area contributed by atoms with Crippen LogP contribution in [0, 0.1) is 0 Å². The number of hydrogen-bond acceptors (Lipinski definition) is 35. The molecule has 0 aliphatic heterocycles. The third-order valence-corrected chi connectivity index (χ3v) is 12.2. The van der Waals surface area contributed by atoms with Crippen molar-refractivity contribution in [2.45, 2.75) is 30.5 Å². The van der Waals surface area contributed by atoms with Gasteiger partial charge in [0.05, 0.1) is 139 Å². The minimum atomic E-state index is -0.667. The Morgan fingerprint density at radius 1 is 0.272 bits per heavy atom. The van der Waals surface area contributed by atoms with Gasteiger partial charge in [0.1, 0.15) is 65.0 Å². The van der Waals surface area contributed by atoms with Crippen molar-refractivity contribution in [3.63, 3.8) is 0 Å². The van der Waals surface area contributed by atoms with E-state index < -0.39 is 84.1 Å². The fraction of sp³-hybridized carbons (Fsp3) is 0.392. The molecule has 35 heteroatoms. The lowest BCUT2D eigenvalue weighted by Gasteiger charge is -2.14. The van der Waals surface area contributed by atoms with Crippen LogP contribution in [0.5, 0.6) is 34.5 Å². The van der Waals surface area contributed by atoms with Crippen molar-refractivity contribution in [1.29, 1.82) is 0 Å². The first-order valence-electron chi connectivity index (χ1n) is 33.3. The second-order valence-electron chi connectivity index (χ2n) is 20.9. The molecule has 0 saturated heterocycles. The van der Waals surface area contributed by atoms with Gasteiger partial charge in [-0.15, -0.1) is 0 Å². The number of hydrogen-bond donors (Lipinski definition) is 0. The number of rotatable bonds is 44. The molecule has 35 nitrogen and oxygen atoms in total. The molecule has 0 unspecified atom stereocenters. The smallest absolute Gasteiger partial charge is 0.338 e. The van der Waals surface area contributed by atoms with Crippen molar-refractivity contribution in [3.05, 3.63) is 195 Å². The lowest BCUT2D eigenvalue weighted by Crippen LogP contribution is -2.27. The van der Waals surface area contributed by atoms with Crippen molar-refractivity contribution in [2.24, 2.45) is 0 Å². The van der Waals surface area contributed by atoms with E-state index in [0.717, 1.165) is 48.6 Å². The molecule has 0 aromatic heterocycles. The first-order chi connectivity index (χ1) is 54.8. The normalized spacial score (nSPS) is 10.3. The molecular formula is C79H106O35. The standard InChI is InChI=1S/2C15H18O6.C12H12O5.2C10H16O6.C10H12O3.C7H14O3/c2*1-18-10-13(11-19-2)21-15(17)9-8-14(16)20-12-6-4-3-5-7-12;1-4-17-10-6-8(11(13)15-2)5-9(7-10)12(14)16-3;2*1-13-6-8(7-14-2)16-10(12)5-4-9(11)15-3;1-4-13-10-6-8(11-2)5-9(7-10)12-3;1-4-10-7(5-8-2)6-9-3/h2*3-9,13H,10-11H2,1-2H3;4-7H,1H2,2-3H3;2*4-5,8H,6-7H2,1-3H3;4-7H,1H2,2-3H3;4,7H,1,5-6H2,2-3H3/b9-8+;9-8-;;5-4+;5-4-;;. The van der Waals surface area contributed by atoms with Gasteiger partial charge in [-0.25, -0.2) is 47.9 Å². The van der Waals surface area contributed by atoms with Gasteiger partial charge in [0, 0.05) is 138 Å². The maximum absolute atomic E-state index is 11.5. The first kappa shape index (κ1) is 107. The SMILES string of the molecule is C=COC(COC)COC.C=COc1cc(C(=O)OC)cc(C(=O)OC)c1.C=COc1cc(OC)cc(OC)c1.COCC(COC)OC(=O)/C=C/C(=O)OC.COCC(COC)OC(=O)/C=C/C(=O)Oc1ccccc1.COCC(COC)OC(=O)/C=C\C(=O)OC.COCC(COC)OC(=O)/C=C\C(=O)Oc1ccccc1. The molecule has 0 aliphatic rings. The number of methoxy groups -OCH3 is 16. The molecule has 0 amide bonds. The Morgan fingerprint density at radius 2 is 0.518 bits per heavy atom. The number of carbonyl (C=O) groups is 10. The van der Waals surface area contributed by atoms with Crippen LogP contribution in [0.1, 0.15) is 20.7 Å². The van der Waals surface area contributed by atoms with Crippen molar-refractivity contribution < 1.29 is 166 Å². The molecule has 0 N–H and O–H groups in total. The number of ether oxygens (including phenoxy) is 25. The molecule has 0 spiro atoms. The quantitative estimate of drug-likeness (QED) is 0.0137. The van der Waals surface area contributed by atoms with Crippen LogP contribution in [0.15, 0.2) is 184 Å². The lowest BCUT2D eigenvalue weighted by atomic mass is 10.1. The molecule has 4 aromatic carbocycles. The van der Waals surface area contributed by atoms with Gasteiger partial charge in [-0.05, 0) is 42.5 Å². The summed E-state index contributed by atoms with van der Waals surface area (Å²) in [5.74, 6) is -3.18. The molecule has 632 valence electrons. The number of benzene rings is 4. The minimum absolute atomic E-state index is 0.0347. The van der Waals surface area contributed by atoms with Crippen LogP contribution in [-0.2, 0) is 128 Å². The molecule has 0 radical (unpaired) electrons. The lowest BCUT2D eigenvalue weighted by molar-refractivity contribution is -0.149. The molecule has 4 rings (SSSR count). The Labute approximate surface area is 663 Å². The van der Waals surface area contributed by atoms with Gasteiger partial charge < -0.3 is 118 Å². The van der Waals surface area contributed by atoms with Crippen LogP contribution in [-0.4, -0.2) is 270 Å². The van der Waals surface area contributed by atoms with Crippen molar-refractivity contribution >= 4 is 59.7 Å². The Morgan fingerprint density at radius 3 is 0.754 bits per heavy atom. The van der Waals surface area contributed by atoms with Crippen molar-refractivity contribution in [2.75, 3.05) is 180 Å². The fourth-order valence-corrected chi connectivity index (χ4v) is 7.54. The summed E-state index contributed by atoms with van der Waals surface area (Å²) in [5, 5.41) is 0. The van der Waals surface area contributed by atoms with Crippen LogP contribution >= 0.6 is 0 Å². The third kappa shape index (κ3) is 57.4. The molecule has 0 bridgehead atoms. The predicted molar refractivity (Wildman–Crippen MR) is 408 cm³/mol. The van der Waals surface area contributed by atoms with Gasteiger partial charge in [0.2, 0.25) is 0 Å². The van der Waals surface area contributed by atoms with E-state index in [1.807, 2.05) is 0 Å². The maximum atomic E-state index is 11.5. The summed E-state index contributed by atoms with van der Waals surface area (Å²) in [6, 6.07) is 26.6. The zero-order valence-corrected chi connectivity index (χ0v) is 67.0. The van der Waals surface area contributed by atoms with Gasteiger partial charge in [-0.3, -0.25) is 0 Å². The monoisotopic (exact) mass is 1610 g/mol. The van der Waals surface area contributed by atoms with E-state index in [9.17, 15) is 47.9 Å². The van der Waals surface area contributed by atoms with Gasteiger partial charge in [0.25, 0.3) is 0 Å². The average Bonchev–Trinajstić information content (AvgIpc) is 0.487. The van der Waals surface area contributed by atoms with E-state index in [0.29, 0.717) is 47.7 Å². The van der Waals surface area contributed by atoms with E-state index in [2.05, 4.69) is 38.7 Å². The molecule has 0 atom stereocenters. The zero-order valence-electron chi connectivity index (χ0n) is 67.0. The topological polar surface area (TPSA) is 401 Å². The third-order valence-electron chi connectivity index (χ3n) is 12.2. The van der Waals surface area contributed by atoms with E-state index in [4.69, 9.17) is 99.5 Å². The second kappa shape index (κ2) is 71.7. The van der Waals surface area contributed by atoms with E-state index >= 15 is 0 Å². The molecule has 114 heavy (non-hydrogen) atoms. The van der Waals surface area contributed by atoms with Crippen LogP contribution in [0.4, 0.5) is 0 Å². The van der Waals surface area contributed by atoms with Crippen LogP contribution in [0.25, 0.3) is 0 Å². The highest BCUT2D eigenvalue weighted by atomic mass is 16.6. The van der Waals surface area contributed by atoms with Crippen LogP contribution in [0.2, 0.25) is 0 Å². The predicted octanol–water partition coefficient (Wildman–Crippen LogP) is 7.36. The molecule has 0 fully saturated rings. The van der Waals surface area contributed by atoms with E-state index in [-0.39, 0.29) is 70.1 Å². The summed E-state index contributed by atoms with van der Waals surface area (Å²) in [4.78, 5) is 113. The highest BCUT2D eigenvalue weighted by Crippen LogP contribution is 2.27. The summed E-state index contributed by atoms with van der Waals surface area (Å²) in [5.41, 5.74) is 0.402. The summed E-state index contributed by atoms with van der Waals surface area (Å²) < 4.78 is 122. The van der Waals surface area contributed by atoms with Gasteiger partial charge in [-0.1, -0.05) is 56.1 Å². The van der Waals surface area contributed by atoms with E-state index in [1.165, 1.54) is 122 Å². The summed E-state index contributed by atoms with van der Waals surface area (Å²) in [6.07, 6.45) is 9.83. The Bertz CT molecular complexity index is 3250. The van der Waals surface area contributed by atoms with E-state index in [1.54, 1.807) is 107 Å². The molecule has 0 saturated carbocycles. The highest BCUT2D eigenvalue weighted by molar-refractivity contribution is 5.96. The summed E-state index contributed by atoms with van der Waals surface area (Å²) in [6.45, 7) is 13.1. The van der Waals surface area contributed by atoms with Gasteiger partial charge in [0.15, 0.2) is 0 Å². The molecule has 0 heterocycles. The van der Waals surface area contributed by atoms with Crippen molar-refractivity contribution in [1.82, 2.24) is 0 Å². The van der Waals surface area contributed by atoms with Gasteiger partial charge >= 0.3 is 59.7 Å². The maximum Gasteiger partial charge on any atom is 0.338 e. The van der Waals surface area contributed by atoms with Gasteiger partial charge in [-0.2, -0.15) is 0 Å². The first-order valence-corrected chi connectivity index (χ1v) is 33.3. The number of carbonyl (C=O) groups excluding carboxylic acids is 10. The number of esters is 10. The zero-order chi connectivity index (χ0) is 86.1. The van der Waals surface area contributed by atoms with Crippen LogP contribution < -0.4 is 28.4 Å². The Balaban J connectivity index is -0.00000127. The molecular weight excluding hydrogens is 1510 g/mol. The highest BCUT2D eigenvalue weighted by Gasteiger charge is 2.18. The Hall–Kier alpha value is -11.6. The number of para-hydroxylation sites is 2.